The monoisotopic (exact) mass is 338 g/mol. The van der Waals surface area contributed by atoms with Gasteiger partial charge in [-0.1, -0.05) is 12.1 Å². The molecule has 122 valence electrons. The molecule has 0 radical (unpaired) electrons. The Morgan fingerprint density at radius 1 is 1.33 bits per heavy atom. The maximum absolute atomic E-state index is 13.4. The van der Waals surface area contributed by atoms with Gasteiger partial charge in [0.1, 0.15) is 0 Å². The molecule has 1 amide bonds. The van der Waals surface area contributed by atoms with Crippen LogP contribution in [0.4, 0.5) is 5.69 Å². The lowest BCUT2D eigenvalue weighted by molar-refractivity contribution is 0.0981. The van der Waals surface area contributed by atoms with E-state index >= 15 is 0 Å². The number of amides is 1. The summed E-state index contributed by atoms with van der Waals surface area (Å²) >= 11 is 1.80. The molecule has 2 aromatic heterocycles. The van der Waals surface area contributed by atoms with Gasteiger partial charge in [-0.3, -0.25) is 9.48 Å². The van der Waals surface area contributed by atoms with Gasteiger partial charge >= 0.3 is 0 Å². The van der Waals surface area contributed by atoms with Crippen molar-refractivity contribution in [1.29, 1.82) is 0 Å². The number of fused-ring (bicyclic) bond motifs is 2. The van der Waals surface area contributed by atoms with E-state index in [0.29, 0.717) is 5.56 Å². The number of aromatic nitrogens is 3. The van der Waals surface area contributed by atoms with E-state index < -0.39 is 0 Å². The fourth-order valence-corrected chi connectivity index (χ4v) is 4.22. The molecule has 1 atom stereocenters. The van der Waals surface area contributed by atoms with Gasteiger partial charge in [0.15, 0.2) is 5.65 Å². The number of anilines is 1. The van der Waals surface area contributed by atoms with Crippen LogP contribution in [0.3, 0.4) is 0 Å². The third kappa shape index (κ3) is 2.29. The van der Waals surface area contributed by atoms with Gasteiger partial charge in [-0.05, 0) is 32.0 Å². The number of benzene rings is 1. The lowest BCUT2D eigenvalue weighted by atomic mass is 10.1. The van der Waals surface area contributed by atoms with Gasteiger partial charge in [0.2, 0.25) is 0 Å². The average molecular weight is 338 g/mol. The van der Waals surface area contributed by atoms with Crippen molar-refractivity contribution in [1.82, 2.24) is 14.8 Å². The number of pyridine rings is 1. The molecule has 24 heavy (non-hydrogen) atoms. The van der Waals surface area contributed by atoms with Gasteiger partial charge in [-0.2, -0.15) is 5.10 Å². The maximum Gasteiger partial charge on any atom is 0.259 e. The van der Waals surface area contributed by atoms with Gasteiger partial charge in [0.05, 0.1) is 22.8 Å². The molecule has 0 aliphatic carbocycles. The van der Waals surface area contributed by atoms with Crippen LogP contribution in [0.1, 0.15) is 23.0 Å². The minimum atomic E-state index is 0.0127. The molecule has 3 heterocycles. The number of aryl methyl sites for hydroxylation is 2. The smallest absolute Gasteiger partial charge is 0.259 e. The van der Waals surface area contributed by atoms with Crippen LogP contribution in [0.25, 0.3) is 11.0 Å². The number of thioether (sulfide) groups is 1. The summed E-state index contributed by atoms with van der Waals surface area (Å²) in [5.41, 5.74) is 3.21. The molecule has 5 nitrogen and oxygen atoms in total. The van der Waals surface area contributed by atoms with Crippen LogP contribution in [-0.4, -0.2) is 32.5 Å². The van der Waals surface area contributed by atoms with E-state index in [9.17, 15) is 4.79 Å². The molecule has 3 aromatic rings. The maximum atomic E-state index is 13.4. The molecule has 0 saturated heterocycles. The highest BCUT2D eigenvalue weighted by molar-refractivity contribution is 7.99. The average Bonchev–Trinajstić information content (AvgIpc) is 2.94. The number of nitrogens with zero attached hydrogens (tertiary/aromatic N) is 4. The van der Waals surface area contributed by atoms with Crippen molar-refractivity contribution >= 4 is 34.4 Å². The van der Waals surface area contributed by atoms with Crippen LogP contribution in [0.15, 0.2) is 41.4 Å². The summed E-state index contributed by atoms with van der Waals surface area (Å²) in [6, 6.07) is 10.1. The fraction of sp³-hybridized carbons (Fsp3) is 0.278. The Labute approximate surface area is 144 Å². The largest absolute Gasteiger partial charge is 0.304 e. The Morgan fingerprint density at radius 2 is 2.12 bits per heavy atom. The molecule has 1 aliphatic rings. The Kier molecular flexibility index (Phi) is 3.57. The predicted molar refractivity (Wildman–Crippen MR) is 96.7 cm³/mol. The Bertz CT molecular complexity index is 949. The third-order valence-corrected chi connectivity index (χ3v) is 5.63. The number of carbonyl (C=O) groups excluding carboxylic acids is 1. The van der Waals surface area contributed by atoms with Gasteiger partial charge in [-0.15, -0.1) is 11.8 Å². The summed E-state index contributed by atoms with van der Waals surface area (Å²) in [6.45, 7) is 4.00. The molecule has 0 unspecified atom stereocenters. The summed E-state index contributed by atoms with van der Waals surface area (Å²) in [5.74, 6) is 0.905. The first kappa shape index (κ1) is 15.2. The lowest BCUT2D eigenvalue weighted by Crippen LogP contribution is -2.42. The van der Waals surface area contributed by atoms with Crippen molar-refractivity contribution in [3.05, 3.63) is 47.8 Å². The minimum absolute atomic E-state index is 0.0127. The highest BCUT2D eigenvalue weighted by Crippen LogP contribution is 2.38. The molecular weight excluding hydrogens is 320 g/mol. The minimum Gasteiger partial charge on any atom is -0.304 e. The summed E-state index contributed by atoms with van der Waals surface area (Å²) in [4.78, 5) is 21.0. The molecule has 4 rings (SSSR count). The van der Waals surface area contributed by atoms with Crippen molar-refractivity contribution in [2.75, 3.05) is 10.7 Å². The van der Waals surface area contributed by atoms with Gasteiger partial charge in [0.25, 0.3) is 5.91 Å². The molecule has 6 heteroatoms. The van der Waals surface area contributed by atoms with E-state index in [-0.39, 0.29) is 11.9 Å². The topological polar surface area (TPSA) is 51.0 Å². The molecule has 0 bridgehead atoms. The Morgan fingerprint density at radius 3 is 2.96 bits per heavy atom. The zero-order chi connectivity index (χ0) is 16.8. The molecule has 1 aromatic carbocycles. The Hall–Kier alpha value is -2.34. The fourth-order valence-electron chi connectivity index (χ4n) is 3.16. The molecule has 0 fully saturated rings. The Balaban J connectivity index is 1.88. The van der Waals surface area contributed by atoms with Crippen molar-refractivity contribution in [2.24, 2.45) is 7.05 Å². The number of hydrogen-bond acceptors (Lipinski definition) is 4. The molecule has 1 aliphatic heterocycles. The number of carbonyl (C=O) groups is 1. The van der Waals surface area contributed by atoms with Crippen LogP contribution in [-0.2, 0) is 7.05 Å². The van der Waals surface area contributed by atoms with Crippen LogP contribution >= 0.6 is 11.8 Å². The van der Waals surface area contributed by atoms with Crippen LogP contribution in [0.5, 0.6) is 0 Å². The number of hydrogen-bond donors (Lipinski definition) is 0. The molecular formula is C18H18N4OS. The van der Waals surface area contributed by atoms with E-state index in [1.807, 2.05) is 43.1 Å². The quantitative estimate of drug-likeness (QED) is 0.682. The molecule has 0 saturated carbocycles. The first-order valence-electron chi connectivity index (χ1n) is 7.91. The second-order valence-electron chi connectivity index (χ2n) is 6.12. The predicted octanol–water partition coefficient (Wildman–Crippen LogP) is 3.42. The number of para-hydroxylation sites is 1. The normalized spacial score (nSPS) is 17.1. The van der Waals surface area contributed by atoms with E-state index in [2.05, 4.69) is 23.1 Å². The van der Waals surface area contributed by atoms with Crippen molar-refractivity contribution in [2.45, 2.75) is 24.8 Å². The summed E-state index contributed by atoms with van der Waals surface area (Å²) < 4.78 is 1.71. The number of rotatable bonds is 1. The van der Waals surface area contributed by atoms with E-state index in [4.69, 9.17) is 0 Å². The second-order valence-corrected chi connectivity index (χ2v) is 7.18. The van der Waals surface area contributed by atoms with Crippen molar-refractivity contribution in [3.63, 3.8) is 0 Å². The van der Waals surface area contributed by atoms with E-state index in [1.54, 1.807) is 22.6 Å². The van der Waals surface area contributed by atoms with Crippen LogP contribution in [0, 0.1) is 6.92 Å². The van der Waals surface area contributed by atoms with E-state index in [1.165, 1.54) is 0 Å². The van der Waals surface area contributed by atoms with Gasteiger partial charge < -0.3 is 4.90 Å². The second kappa shape index (κ2) is 5.63. The highest BCUT2D eigenvalue weighted by atomic mass is 32.2. The first-order valence-corrected chi connectivity index (χ1v) is 8.89. The van der Waals surface area contributed by atoms with Gasteiger partial charge in [-0.25, -0.2) is 4.98 Å². The summed E-state index contributed by atoms with van der Waals surface area (Å²) in [6.07, 6.45) is 1.73. The SMILES string of the molecule is Cc1cc(C(=O)N2c3ccccc3SC[C@H]2C)c2cnn(C)c2n1. The zero-order valence-corrected chi connectivity index (χ0v) is 14.7. The summed E-state index contributed by atoms with van der Waals surface area (Å²) in [5, 5.41) is 5.07. The molecule has 0 spiro atoms. The van der Waals surface area contributed by atoms with Crippen molar-refractivity contribution in [3.8, 4) is 0 Å². The first-order chi connectivity index (χ1) is 11.6. The zero-order valence-electron chi connectivity index (χ0n) is 13.9. The van der Waals surface area contributed by atoms with E-state index in [0.717, 1.165) is 33.1 Å². The van der Waals surface area contributed by atoms with Crippen LogP contribution in [0.2, 0.25) is 0 Å². The molecule has 0 N–H and O–H groups in total. The van der Waals surface area contributed by atoms with Crippen molar-refractivity contribution < 1.29 is 4.79 Å². The van der Waals surface area contributed by atoms with Crippen LogP contribution < -0.4 is 4.90 Å². The summed E-state index contributed by atoms with van der Waals surface area (Å²) in [7, 11) is 1.85. The van der Waals surface area contributed by atoms with Gasteiger partial charge in [0, 0.05) is 29.4 Å². The third-order valence-electron chi connectivity index (χ3n) is 4.33. The highest BCUT2D eigenvalue weighted by Gasteiger charge is 2.30. The standard InChI is InChI=1S/C18H18N4OS/c1-11-8-13(14-9-19-21(3)17(14)20-11)18(23)22-12(2)10-24-16-7-5-4-6-15(16)22/h4-9,12H,10H2,1-3H3/t12-/m1/s1. The lowest BCUT2D eigenvalue weighted by Gasteiger charge is -2.35.